The number of piperidine rings is 1. The van der Waals surface area contributed by atoms with E-state index in [0.29, 0.717) is 25.6 Å². The zero-order valence-corrected chi connectivity index (χ0v) is 11.6. The van der Waals surface area contributed by atoms with Crippen LogP contribution in [0.15, 0.2) is 0 Å². The topological polar surface area (TPSA) is 80.5 Å². The summed E-state index contributed by atoms with van der Waals surface area (Å²) < 4.78 is 21.9. The molecule has 5 nitrogen and oxygen atoms in total. The highest BCUT2D eigenvalue weighted by Crippen LogP contribution is 2.23. The molecule has 0 aromatic rings. The summed E-state index contributed by atoms with van der Waals surface area (Å²) >= 11 is 0. The van der Waals surface area contributed by atoms with E-state index in [1.54, 1.807) is 4.90 Å². The van der Waals surface area contributed by atoms with Gasteiger partial charge in [0.15, 0.2) is 9.84 Å². The molecule has 1 saturated heterocycles. The Hall–Kier alpha value is -0.620. The number of carbonyl (C=O) groups excluding carboxylic acids is 1. The zero-order chi connectivity index (χ0) is 13.3. The Labute approximate surface area is 103 Å². The van der Waals surface area contributed by atoms with Crippen molar-refractivity contribution in [3.63, 3.8) is 0 Å². The summed E-state index contributed by atoms with van der Waals surface area (Å²) in [7, 11) is -3.40. The first-order chi connectivity index (χ1) is 7.70. The maximum atomic E-state index is 12.2. The molecule has 1 rings (SSSR count). The predicted octanol–water partition coefficient (Wildman–Crippen LogP) is 0.00690. The molecule has 0 saturated carbocycles. The van der Waals surface area contributed by atoms with Crippen molar-refractivity contribution < 1.29 is 13.2 Å². The first-order valence-corrected chi connectivity index (χ1v) is 7.78. The van der Waals surface area contributed by atoms with Crippen molar-refractivity contribution in [3.8, 4) is 0 Å². The van der Waals surface area contributed by atoms with Gasteiger partial charge in [-0.2, -0.15) is 0 Å². The molecular weight excluding hydrogens is 240 g/mol. The Kier molecular flexibility index (Phi) is 4.19. The number of amides is 1. The van der Waals surface area contributed by atoms with Crippen molar-refractivity contribution in [2.45, 2.75) is 31.4 Å². The molecular formula is C11H22N2O3S. The average Bonchev–Trinajstić information content (AvgIpc) is 2.26. The molecule has 0 bridgehead atoms. The van der Waals surface area contributed by atoms with E-state index in [2.05, 4.69) is 0 Å². The second kappa shape index (κ2) is 4.94. The van der Waals surface area contributed by atoms with Crippen LogP contribution in [0.1, 0.15) is 26.7 Å². The lowest BCUT2D eigenvalue weighted by atomic mass is 9.97. The highest BCUT2D eigenvalue weighted by Gasteiger charge is 2.42. The minimum Gasteiger partial charge on any atom is -0.341 e. The lowest BCUT2D eigenvalue weighted by Crippen LogP contribution is -2.53. The fourth-order valence-corrected chi connectivity index (χ4v) is 2.43. The Bertz CT molecular complexity index is 390. The van der Waals surface area contributed by atoms with Crippen molar-refractivity contribution in [2.75, 3.05) is 25.9 Å². The number of likely N-dealkylation sites (tertiary alicyclic amines) is 1. The minimum absolute atomic E-state index is 0.295. The van der Waals surface area contributed by atoms with Crippen molar-refractivity contribution in [3.05, 3.63) is 0 Å². The van der Waals surface area contributed by atoms with E-state index in [4.69, 9.17) is 5.73 Å². The van der Waals surface area contributed by atoms with Crippen LogP contribution < -0.4 is 5.73 Å². The Morgan fingerprint density at radius 2 is 2.06 bits per heavy atom. The van der Waals surface area contributed by atoms with Gasteiger partial charge in [-0.15, -0.1) is 0 Å². The molecule has 0 aromatic heterocycles. The summed E-state index contributed by atoms with van der Waals surface area (Å²) in [5, 5.41) is 0. The number of rotatable bonds is 3. The standard InChI is InChI=1S/C11H22N2O3S/c1-11(2,17(3,15)16)10(14)13-6-4-5-9(7-12)8-13/h9H,4-8,12H2,1-3H3. The van der Waals surface area contributed by atoms with Gasteiger partial charge in [0, 0.05) is 19.3 Å². The number of sulfone groups is 1. The van der Waals surface area contributed by atoms with Gasteiger partial charge in [-0.05, 0) is 39.2 Å². The van der Waals surface area contributed by atoms with E-state index in [1.165, 1.54) is 13.8 Å². The fraction of sp³-hybridized carbons (Fsp3) is 0.909. The van der Waals surface area contributed by atoms with Crippen molar-refractivity contribution in [2.24, 2.45) is 11.7 Å². The monoisotopic (exact) mass is 262 g/mol. The Balaban J connectivity index is 2.83. The third kappa shape index (κ3) is 2.98. The predicted molar refractivity (Wildman–Crippen MR) is 67.3 cm³/mol. The molecule has 1 unspecified atom stereocenters. The van der Waals surface area contributed by atoms with Gasteiger partial charge in [-0.3, -0.25) is 4.79 Å². The molecule has 0 aromatic carbocycles. The smallest absolute Gasteiger partial charge is 0.243 e. The number of hydrogen-bond acceptors (Lipinski definition) is 4. The lowest BCUT2D eigenvalue weighted by molar-refractivity contribution is -0.134. The maximum Gasteiger partial charge on any atom is 0.243 e. The molecule has 1 atom stereocenters. The summed E-state index contributed by atoms with van der Waals surface area (Å²) in [6, 6.07) is 0. The van der Waals surface area contributed by atoms with Crippen LogP contribution in [0, 0.1) is 5.92 Å². The van der Waals surface area contributed by atoms with Crippen LogP contribution >= 0.6 is 0 Å². The van der Waals surface area contributed by atoms with Gasteiger partial charge in [-0.1, -0.05) is 0 Å². The number of nitrogens with zero attached hydrogens (tertiary/aromatic N) is 1. The van der Waals surface area contributed by atoms with Gasteiger partial charge < -0.3 is 10.6 Å². The molecule has 0 radical (unpaired) electrons. The van der Waals surface area contributed by atoms with Crippen LogP contribution in [0.5, 0.6) is 0 Å². The average molecular weight is 262 g/mol. The molecule has 6 heteroatoms. The van der Waals surface area contributed by atoms with E-state index in [-0.39, 0.29) is 5.91 Å². The lowest BCUT2D eigenvalue weighted by Gasteiger charge is -2.36. The third-order valence-corrected chi connectivity index (χ3v) is 5.61. The van der Waals surface area contributed by atoms with Crippen LogP contribution in [0.2, 0.25) is 0 Å². The first kappa shape index (κ1) is 14.4. The highest BCUT2D eigenvalue weighted by atomic mass is 32.2. The quantitative estimate of drug-likeness (QED) is 0.776. The number of hydrogen-bond donors (Lipinski definition) is 1. The Morgan fingerprint density at radius 3 is 2.53 bits per heavy atom. The van der Waals surface area contributed by atoms with E-state index in [9.17, 15) is 13.2 Å². The molecule has 1 aliphatic rings. The van der Waals surface area contributed by atoms with Crippen LogP contribution in [-0.4, -0.2) is 49.9 Å². The minimum atomic E-state index is -3.40. The highest BCUT2D eigenvalue weighted by molar-refractivity contribution is 7.92. The first-order valence-electron chi connectivity index (χ1n) is 5.89. The van der Waals surface area contributed by atoms with Gasteiger partial charge in [0.1, 0.15) is 4.75 Å². The van der Waals surface area contributed by atoms with Crippen molar-refractivity contribution >= 4 is 15.7 Å². The van der Waals surface area contributed by atoms with E-state index in [0.717, 1.165) is 19.1 Å². The summed E-state index contributed by atoms with van der Waals surface area (Å²) in [6.07, 6.45) is 3.02. The largest absolute Gasteiger partial charge is 0.341 e. The molecule has 1 heterocycles. The summed E-state index contributed by atoms with van der Waals surface area (Å²) in [6.45, 7) is 4.69. The van der Waals surface area contributed by atoms with E-state index in [1.807, 2.05) is 0 Å². The van der Waals surface area contributed by atoms with E-state index < -0.39 is 14.6 Å². The third-order valence-electron chi connectivity index (χ3n) is 3.58. The van der Waals surface area contributed by atoms with Gasteiger partial charge >= 0.3 is 0 Å². The fourth-order valence-electron chi connectivity index (χ4n) is 1.98. The molecule has 1 aliphatic heterocycles. The Morgan fingerprint density at radius 1 is 1.47 bits per heavy atom. The molecule has 17 heavy (non-hydrogen) atoms. The van der Waals surface area contributed by atoms with Crippen LogP contribution in [0.4, 0.5) is 0 Å². The number of nitrogens with two attached hydrogens (primary N) is 1. The van der Waals surface area contributed by atoms with Crippen LogP contribution in [-0.2, 0) is 14.6 Å². The van der Waals surface area contributed by atoms with Gasteiger partial charge in [-0.25, -0.2) is 8.42 Å². The molecule has 2 N–H and O–H groups in total. The summed E-state index contributed by atoms with van der Waals surface area (Å²) in [5.74, 6) is -0.0128. The molecule has 0 aliphatic carbocycles. The summed E-state index contributed by atoms with van der Waals surface area (Å²) in [4.78, 5) is 13.9. The second-order valence-electron chi connectivity index (χ2n) is 5.28. The van der Waals surface area contributed by atoms with Gasteiger partial charge in [0.2, 0.25) is 5.91 Å². The zero-order valence-electron chi connectivity index (χ0n) is 10.8. The molecule has 0 spiro atoms. The van der Waals surface area contributed by atoms with Crippen LogP contribution in [0.25, 0.3) is 0 Å². The molecule has 100 valence electrons. The van der Waals surface area contributed by atoms with Crippen molar-refractivity contribution in [1.29, 1.82) is 0 Å². The van der Waals surface area contributed by atoms with Gasteiger partial charge in [0.25, 0.3) is 0 Å². The van der Waals surface area contributed by atoms with Crippen LogP contribution in [0.3, 0.4) is 0 Å². The number of carbonyl (C=O) groups is 1. The summed E-state index contributed by atoms with van der Waals surface area (Å²) in [5.41, 5.74) is 5.60. The second-order valence-corrected chi connectivity index (χ2v) is 7.84. The normalized spacial score (nSPS) is 22.6. The molecule has 1 amide bonds. The van der Waals surface area contributed by atoms with Crippen molar-refractivity contribution in [1.82, 2.24) is 4.90 Å². The van der Waals surface area contributed by atoms with Gasteiger partial charge in [0.05, 0.1) is 0 Å². The molecule has 1 fully saturated rings. The maximum absolute atomic E-state index is 12.2. The SMILES string of the molecule is CC(C)(C(=O)N1CCCC(CN)C1)S(C)(=O)=O. The van der Waals surface area contributed by atoms with E-state index >= 15 is 0 Å².